The fourth-order valence-corrected chi connectivity index (χ4v) is 2.95. The number of carbonyl (C=O) groups is 2. The van der Waals surface area contributed by atoms with Crippen LogP contribution in [0.15, 0.2) is 42.5 Å². The van der Waals surface area contributed by atoms with Gasteiger partial charge in [-0.15, -0.1) is 0 Å². The molecule has 126 valence electrons. The van der Waals surface area contributed by atoms with Gasteiger partial charge in [-0.1, -0.05) is 41.4 Å². The maximum absolute atomic E-state index is 11.9. The molecule has 1 amide bonds. The van der Waals surface area contributed by atoms with E-state index >= 15 is 0 Å². The Bertz CT molecular complexity index is 762. The fraction of sp³-hybridized carbons (Fsp3) is 0.176. The third-order valence-corrected chi connectivity index (χ3v) is 4.20. The average molecular weight is 368 g/mol. The molecule has 0 aliphatic heterocycles. The summed E-state index contributed by atoms with van der Waals surface area (Å²) in [6.07, 6.45) is -0.194. The lowest BCUT2D eigenvalue weighted by Gasteiger charge is -2.24. The molecule has 2 unspecified atom stereocenters. The quantitative estimate of drug-likeness (QED) is 0.726. The van der Waals surface area contributed by atoms with E-state index in [2.05, 4.69) is 0 Å². The van der Waals surface area contributed by atoms with Gasteiger partial charge in [-0.2, -0.15) is 0 Å². The summed E-state index contributed by atoms with van der Waals surface area (Å²) in [4.78, 5) is 23.3. The Kier molecular flexibility index (Phi) is 5.70. The summed E-state index contributed by atoms with van der Waals surface area (Å²) in [5.41, 5.74) is 6.04. The Morgan fingerprint density at radius 1 is 1.04 bits per heavy atom. The number of aliphatic carboxylic acids is 1. The number of phenolic OH excluding ortho intramolecular Hbond substituents is 1. The maximum atomic E-state index is 11.9. The van der Waals surface area contributed by atoms with Crippen molar-refractivity contribution in [2.45, 2.75) is 18.3 Å². The Hall–Kier alpha value is -2.24. The van der Waals surface area contributed by atoms with Gasteiger partial charge in [0, 0.05) is 27.9 Å². The minimum absolute atomic E-state index is 0.160. The van der Waals surface area contributed by atoms with Crippen LogP contribution in [0.2, 0.25) is 10.0 Å². The summed E-state index contributed by atoms with van der Waals surface area (Å²) in [7, 11) is 0. The highest BCUT2D eigenvalue weighted by Crippen LogP contribution is 2.40. The zero-order chi connectivity index (χ0) is 17.9. The Labute approximate surface area is 148 Å². The topological polar surface area (TPSA) is 101 Å². The van der Waals surface area contributed by atoms with Gasteiger partial charge in [0.05, 0.1) is 5.92 Å². The van der Waals surface area contributed by atoms with E-state index in [4.69, 9.17) is 28.9 Å². The molecule has 0 fully saturated rings. The number of hydrogen-bond donors (Lipinski definition) is 3. The standard InChI is InChI=1S/C17H15Cl2NO4/c18-10-3-1-9(2-4-10)13(8-15(20)22)16(17(23)24)12-6-5-11(19)7-14(12)21/h1-7,13,16,21H,8H2,(H2,20,22)(H,23,24). The molecule has 24 heavy (non-hydrogen) atoms. The first kappa shape index (κ1) is 18.1. The first-order chi connectivity index (χ1) is 11.3. The highest BCUT2D eigenvalue weighted by Gasteiger charge is 2.34. The summed E-state index contributed by atoms with van der Waals surface area (Å²) in [6.45, 7) is 0. The number of amides is 1. The first-order valence-corrected chi connectivity index (χ1v) is 7.80. The van der Waals surface area contributed by atoms with Crippen molar-refractivity contribution >= 4 is 35.1 Å². The number of carboxylic acids is 1. The lowest BCUT2D eigenvalue weighted by Crippen LogP contribution is -2.25. The molecule has 2 aromatic carbocycles. The van der Waals surface area contributed by atoms with Gasteiger partial charge < -0.3 is 15.9 Å². The number of carbonyl (C=O) groups excluding carboxylic acids is 1. The summed E-state index contributed by atoms with van der Waals surface area (Å²) in [6, 6.07) is 10.7. The molecule has 4 N–H and O–H groups in total. The number of phenols is 1. The van der Waals surface area contributed by atoms with Gasteiger partial charge in [-0.3, -0.25) is 9.59 Å². The van der Waals surface area contributed by atoms with Gasteiger partial charge in [-0.05, 0) is 29.8 Å². The van der Waals surface area contributed by atoms with Gasteiger partial charge in [-0.25, -0.2) is 0 Å². The monoisotopic (exact) mass is 367 g/mol. The van der Waals surface area contributed by atoms with Crippen LogP contribution in [0, 0.1) is 0 Å². The van der Waals surface area contributed by atoms with Crippen molar-refractivity contribution in [1.82, 2.24) is 0 Å². The fourth-order valence-electron chi connectivity index (χ4n) is 2.66. The summed E-state index contributed by atoms with van der Waals surface area (Å²) < 4.78 is 0. The molecule has 5 nitrogen and oxygen atoms in total. The molecule has 0 saturated carbocycles. The van der Waals surface area contributed by atoms with E-state index in [0.717, 1.165) is 0 Å². The van der Waals surface area contributed by atoms with Crippen molar-refractivity contribution in [1.29, 1.82) is 0 Å². The van der Waals surface area contributed by atoms with Crippen LogP contribution >= 0.6 is 23.2 Å². The lowest BCUT2D eigenvalue weighted by molar-refractivity contribution is -0.139. The van der Waals surface area contributed by atoms with Crippen molar-refractivity contribution in [3.8, 4) is 5.75 Å². The van der Waals surface area contributed by atoms with Crippen molar-refractivity contribution in [2.75, 3.05) is 0 Å². The molecule has 0 aliphatic carbocycles. The van der Waals surface area contributed by atoms with Gasteiger partial charge in [0.15, 0.2) is 0 Å². The van der Waals surface area contributed by atoms with Crippen LogP contribution in [-0.4, -0.2) is 22.1 Å². The molecule has 7 heteroatoms. The molecule has 0 heterocycles. The smallest absolute Gasteiger partial charge is 0.311 e. The van der Waals surface area contributed by atoms with Crippen LogP contribution in [0.3, 0.4) is 0 Å². The van der Waals surface area contributed by atoms with Crippen LogP contribution in [-0.2, 0) is 9.59 Å². The molecule has 0 aromatic heterocycles. The normalized spacial score (nSPS) is 13.2. The maximum Gasteiger partial charge on any atom is 0.311 e. The number of hydrogen-bond acceptors (Lipinski definition) is 3. The van der Waals surface area contributed by atoms with Gasteiger partial charge >= 0.3 is 5.97 Å². The minimum atomic E-state index is -1.19. The third kappa shape index (κ3) is 4.19. The Morgan fingerprint density at radius 2 is 1.62 bits per heavy atom. The predicted octanol–water partition coefficient (Wildman–Crippen LogP) is 3.53. The van der Waals surface area contributed by atoms with Crippen molar-refractivity contribution in [3.05, 3.63) is 63.6 Å². The number of rotatable bonds is 6. The third-order valence-electron chi connectivity index (χ3n) is 3.72. The molecule has 2 aromatic rings. The molecular formula is C17H15Cl2NO4. The number of aromatic hydroxyl groups is 1. The van der Waals surface area contributed by atoms with Crippen LogP contribution in [0.4, 0.5) is 0 Å². The second kappa shape index (κ2) is 7.55. The molecule has 0 spiro atoms. The minimum Gasteiger partial charge on any atom is -0.508 e. The highest BCUT2D eigenvalue weighted by molar-refractivity contribution is 6.31. The van der Waals surface area contributed by atoms with Crippen LogP contribution < -0.4 is 5.73 Å². The van der Waals surface area contributed by atoms with E-state index in [1.54, 1.807) is 24.3 Å². The molecule has 2 atom stereocenters. The molecule has 0 radical (unpaired) electrons. The van der Waals surface area contributed by atoms with Crippen LogP contribution in [0.5, 0.6) is 5.75 Å². The van der Waals surface area contributed by atoms with E-state index in [0.29, 0.717) is 10.6 Å². The zero-order valence-corrected chi connectivity index (χ0v) is 14.0. The van der Waals surface area contributed by atoms with E-state index in [1.807, 2.05) is 0 Å². The molecule has 0 aliphatic rings. The van der Waals surface area contributed by atoms with E-state index in [9.17, 15) is 19.8 Å². The first-order valence-electron chi connectivity index (χ1n) is 7.04. The SMILES string of the molecule is NC(=O)CC(c1ccc(Cl)cc1)C(C(=O)O)c1ccc(Cl)cc1O. The number of carboxylic acid groups (broad SMARTS) is 1. The molecular weight excluding hydrogens is 353 g/mol. The predicted molar refractivity (Wildman–Crippen MR) is 91.5 cm³/mol. The highest BCUT2D eigenvalue weighted by atomic mass is 35.5. The Morgan fingerprint density at radius 3 is 2.12 bits per heavy atom. The zero-order valence-electron chi connectivity index (χ0n) is 12.4. The van der Waals surface area contributed by atoms with Crippen LogP contribution in [0.25, 0.3) is 0 Å². The van der Waals surface area contributed by atoms with Crippen molar-refractivity contribution < 1.29 is 19.8 Å². The molecule has 0 bridgehead atoms. The Balaban J connectivity index is 2.55. The number of primary amides is 1. The molecule has 0 saturated heterocycles. The second-order valence-corrected chi connectivity index (χ2v) is 6.22. The number of benzene rings is 2. The lowest BCUT2D eigenvalue weighted by atomic mass is 9.79. The summed E-state index contributed by atoms with van der Waals surface area (Å²) in [5, 5.41) is 20.6. The van der Waals surface area contributed by atoms with Crippen molar-refractivity contribution in [2.24, 2.45) is 5.73 Å². The summed E-state index contributed by atoms with van der Waals surface area (Å²) >= 11 is 11.7. The van der Waals surface area contributed by atoms with Gasteiger partial charge in [0.2, 0.25) is 5.91 Å². The van der Waals surface area contributed by atoms with Crippen molar-refractivity contribution in [3.63, 3.8) is 0 Å². The average Bonchev–Trinajstić information content (AvgIpc) is 2.49. The number of nitrogens with two attached hydrogens (primary N) is 1. The molecule has 2 rings (SSSR count). The largest absolute Gasteiger partial charge is 0.508 e. The van der Waals surface area contributed by atoms with E-state index in [1.165, 1.54) is 18.2 Å². The van der Waals surface area contributed by atoms with Gasteiger partial charge in [0.25, 0.3) is 0 Å². The van der Waals surface area contributed by atoms with E-state index in [-0.39, 0.29) is 22.8 Å². The van der Waals surface area contributed by atoms with E-state index < -0.39 is 23.7 Å². The summed E-state index contributed by atoms with van der Waals surface area (Å²) in [5.74, 6) is -4.01. The van der Waals surface area contributed by atoms with Gasteiger partial charge in [0.1, 0.15) is 5.75 Å². The van der Waals surface area contributed by atoms with Crippen LogP contribution in [0.1, 0.15) is 29.4 Å². The number of halogens is 2. The second-order valence-electron chi connectivity index (χ2n) is 5.35.